The van der Waals surface area contributed by atoms with E-state index in [1.165, 1.54) is 22.3 Å². The molecule has 20 heavy (non-hydrogen) atoms. The number of rotatable bonds is 4. The van der Waals surface area contributed by atoms with Crippen molar-refractivity contribution in [3.8, 4) is 0 Å². The zero-order chi connectivity index (χ0) is 14.2. The van der Waals surface area contributed by atoms with Crippen LogP contribution in [0.1, 0.15) is 35.1 Å². The summed E-state index contributed by atoms with van der Waals surface area (Å²) < 4.78 is 0. The van der Waals surface area contributed by atoms with Crippen LogP contribution in [0.5, 0.6) is 0 Å². The average Bonchev–Trinajstić information content (AvgIpc) is 3.26. The Hall–Kier alpha value is -1.60. The second kappa shape index (κ2) is 5.06. The van der Waals surface area contributed by atoms with E-state index in [1.54, 1.807) is 0 Å². The Balaban J connectivity index is 1.79. The van der Waals surface area contributed by atoms with Gasteiger partial charge in [0.05, 0.1) is 6.10 Å². The van der Waals surface area contributed by atoms with Gasteiger partial charge in [-0.3, -0.25) is 0 Å². The number of hydrogen-bond donors (Lipinski definition) is 1. The molecule has 0 saturated heterocycles. The predicted molar refractivity (Wildman–Crippen MR) is 83.0 cm³/mol. The van der Waals surface area contributed by atoms with E-state index in [1.807, 2.05) is 6.07 Å². The molecule has 104 valence electrons. The summed E-state index contributed by atoms with van der Waals surface area (Å²) in [5, 5.41) is 10.7. The van der Waals surface area contributed by atoms with Gasteiger partial charge < -0.3 is 5.11 Å². The molecular formula is C19H22O. The first-order valence-electron chi connectivity index (χ1n) is 7.41. The molecule has 2 aromatic carbocycles. The maximum Gasteiger partial charge on any atom is 0.0677 e. The maximum atomic E-state index is 10.7. The lowest BCUT2D eigenvalue weighted by molar-refractivity contribution is 0.131. The molecule has 1 aliphatic carbocycles. The number of hydrogen-bond acceptors (Lipinski definition) is 1. The quantitative estimate of drug-likeness (QED) is 0.888. The van der Waals surface area contributed by atoms with Crippen LogP contribution in [0.3, 0.4) is 0 Å². The normalized spacial score (nSPS) is 17.8. The van der Waals surface area contributed by atoms with E-state index in [4.69, 9.17) is 0 Å². The lowest BCUT2D eigenvalue weighted by Gasteiger charge is -2.23. The topological polar surface area (TPSA) is 20.2 Å². The van der Waals surface area contributed by atoms with Gasteiger partial charge >= 0.3 is 0 Å². The fraction of sp³-hybridized carbons (Fsp3) is 0.368. The first kappa shape index (κ1) is 13.4. The highest BCUT2D eigenvalue weighted by molar-refractivity contribution is 5.35. The van der Waals surface area contributed by atoms with Crippen molar-refractivity contribution in [2.75, 3.05) is 0 Å². The van der Waals surface area contributed by atoms with Gasteiger partial charge in [0, 0.05) is 5.41 Å². The van der Waals surface area contributed by atoms with Crippen LogP contribution in [0.25, 0.3) is 0 Å². The van der Waals surface area contributed by atoms with Crippen molar-refractivity contribution in [2.45, 2.75) is 44.6 Å². The summed E-state index contributed by atoms with van der Waals surface area (Å²) in [6, 6.07) is 17.0. The molecule has 0 heterocycles. The Morgan fingerprint density at radius 1 is 1.00 bits per heavy atom. The van der Waals surface area contributed by atoms with Gasteiger partial charge in [0.2, 0.25) is 0 Å². The summed E-state index contributed by atoms with van der Waals surface area (Å²) in [6.45, 7) is 4.26. The zero-order valence-corrected chi connectivity index (χ0v) is 12.3. The third-order valence-electron chi connectivity index (χ3n) is 4.78. The number of aliphatic hydroxyl groups is 1. The molecule has 1 atom stereocenters. The number of benzene rings is 2. The van der Waals surface area contributed by atoms with Crippen LogP contribution in [-0.2, 0) is 11.8 Å². The molecule has 0 spiro atoms. The van der Waals surface area contributed by atoms with Crippen LogP contribution in [0.4, 0.5) is 0 Å². The minimum absolute atomic E-state index is 0.0000504. The minimum atomic E-state index is -0.285. The monoisotopic (exact) mass is 266 g/mol. The van der Waals surface area contributed by atoms with Crippen LogP contribution in [-0.4, -0.2) is 11.2 Å². The van der Waals surface area contributed by atoms with E-state index in [9.17, 15) is 5.11 Å². The van der Waals surface area contributed by atoms with E-state index < -0.39 is 0 Å². The fourth-order valence-corrected chi connectivity index (χ4v) is 3.07. The first-order chi connectivity index (χ1) is 9.62. The lowest BCUT2D eigenvalue weighted by atomic mass is 9.86. The number of aliphatic hydroxyl groups excluding tert-OH is 1. The third kappa shape index (κ3) is 2.38. The predicted octanol–water partition coefficient (Wildman–Crippen LogP) is 3.94. The second-order valence-electron chi connectivity index (χ2n) is 6.16. The van der Waals surface area contributed by atoms with Crippen molar-refractivity contribution in [1.29, 1.82) is 0 Å². The van der Waals surface area contributed by atoms with Gasteiger partial charge in [-0.1, -0.05) is 48.5 Å². The first-order valence-corrected chi connectivity index (χ1v) is 7.41. The Labute approximate surface area is 121 Å². The third-order valence-corrected chi connectivity index (χ3v) is 4.78. The van der Waals surface area contributed by atoms with Crippen molar-refractivity contribution in [2.24, 2.45) is 0 Å². The molecule has 1 fully saturated rings. The minimum Gasteiger partial charge on any atom is -0.392 e. The molecular weight excluding hydrogens is 244 g/mol. The van der Waals surface area contributed by atoms with Crippen molar-refractivity contribution in [3.63, 3.8) is 0 Å². The van der Waals surface area contributed by atoms with Gasteiger partial charge in [-0.25, -0.2) is 0 Å². The van der Waals surface area contributed by atoms with Crippen LogP contribution in [0, 0.1) is 13.8 Å². The highest BCUT2D eigenvalue weighted by atomic mass is 16.3. The molecule has 0 radical (unpaired) electrons. The molecule has 1 aliphatic rings. The summed E-state index contributed by atoms with van der Waals surface area (Å²) >= 11 is 0. The van der Waals surface area contributed by atoms with Crippen molar-refractivity contribution in [1.82, 2.24) is 0 Å². The van der Waals surface area contributed by atoms with Gasteiger partial charge in [0.15, 0.2) is 0 Å². The summed E-state index contributed by atoms with van der Waals surface area (Å²) in [4.78, 5) is 0. The van der Waals surface area contributed by atoms with Crippen LogP contribution in [0.2, 0.25) is 0 Å². The van der Waals surface area contributed by atoms with Gasteiger partial charge in [-0.2, -0.15) is 0 Å². The van der Waals surface area contributed by atoms with E-state index in [2.05, 4.69) is 56.3 Å². The highest BCUT2D eigenvalue weighted by Gasteiger charge is 2.49. The van der Waals surface area contributed by atoms with Crippen molar-refractivity contribution < 1.29 is 5.11 Å². The zero-order valence-electron chi connectivity index (χ0n) is 12.3. The average molecular weight is 266 g/mol. The summed E-state index contributed by atoms with van der Waals surface area (Å²) in [5.41, 5.74) is 5.14. The van der Waals surface area contributed by atoms with Crippen molar-refractivity contribution in [3.05, 3.63) is 70.8 Å². The van der Waals surface area contributed by atoms with E-state index >= 15 is 0 Å². The van der Waals surface area contributed by atoms with E-state index in [0.29, 0.717) is 0 Å². The van der Waals surface area contributed by atoms with Gasteiger partial charge in [0.25, 0.3) is 0 Å². The molecule has 1 N–H and O–H groups in total. The van der Waals surface area contributed by atoms with Gasteiger partial charge in [0.1, 0.15) is 0 Å². The Morgan fingerprint density at radius 2 is 1.70 bits per heavy atom. The standard InChI is InChI=1S/C19H22O/c1-14-8-9-16(12-15(14)2)13-18(20)19(10-11-19)17-6-4-3-5-7-17/h3-9,12,18,20H,10-11,13H2,1-2H3. The molecule has 2 aromatic rings. The highest BCUT2D eigenvalue weighted by Crippen LogP contribution is 2.51. The summed E-state index contributed by atoms with van der Waals surface area (Å²) in [6.07, 6.45) is 2.66. The molecule has 0 amide bonds. The van der Waals surface area contributed by atoms with Crippen LogP contribution >= 0.6 is 0 Å². The second-order valence-corrected chi connectivity index (χ2v) is 6.16. The molecule has 3 rings (SSSR count). The Kier molecular flexibility index (Phi) is 3.39. The van der Waals surface area contributed by atoms with Gasteiger partial charge in [-0.15, -0.1) is 0 Å². The summed E-state index contributed by atoms with van der Waals surface area (Å²) in [5.74, 6) is 0. The largest absolute Gasteiger partial charge is 0.392 e. The molecule has 1 nitrogen and oxygen atoms in total. The maximum absolute atomic E-state index is 10.7. The van der Waals surface area contributed by atoms with Crippen molar-refractivity contribution >= 4 is 0 Å². The van der Waals surface area contributed by atoms with Crippen LogP contribution < -0.4 is 0 Å². The fourth-order valence-electron chi connectivity index (χ4n) is 3.07. The van der Waals surface area contributed by atoms with Crippen LogP contribution in [0.15, 0.2) is 48.5 Å². The van der Waals surface area contributed by atoms with Gasteiger partial charge in [-0.05, 0) is 55.4 Å². The SMILES string of the molecule is Cc1ccc(CC(O)C2(c3ccccc3)CC2)cc1C. The molecule has 0 aliphatic heterocycles. The molecule has 0 aromatic heterocycles. The lowest BCUT2D eigenvalue weighted by Crippen LogP contribution is -2.28. The number of aryl methyl sites for hydroxylation is 2. The smallest absolute Gasteiger partial charge is 0.0677 e. The van der Waals surface area contributed by atoms with E-state index in [-0.39, 0.29) is 11.5 Å². The molecule has 1 unspecified atom stereocenters. The molecule has 0 bridgehead atoms. The molecule has 1 heteroatoms. The summed E-state index contributed by atoms with van der Waals surface area (Å²) in [7, 11) is 0. The van der Waals surface area contributed by atoms with E-state index in [0.717, 1.165) is 19.3 Å². The molecule has 1 saturated carbocycles. The Morgan fingerprint density at radius 3 is 2.30 bits per heavy atom. The Bertz CT molecular complexity index is 596.